The van der Waals surface area contributed by atoms with Gasteiger partial charge in [-0.25, -0.2) is 0 Å². The molecule has 0 fully saturated rings. The SMILES string of the molecule is Oc1ccccc1OCCc1ccccc1Br. The first kappa shape index (κ1) is 12.0. The molecule has 0 saturated carbocycles. The Bertz CT molecular complexity index is 452. The third-order valence-electron chi connectivity index (χ3n) is 2.45. The van der Waals surface area contributed by atoms with E-state index >= 15 is 0 Å². The predicted octanol–water partition coefficient (Wildman–Crippen LogP) is 3.78. The predicted molar refractivity (Wildman–Crippen MR) is 71.4 cm³/mol. The molecule has 0 spiro atoms. The lowest BCUT2D eigenvalue weighted by Gasteiger charge is -2.08. The van der Waals surface area contributed by atoms with Gasteiger partial charge in [0, 0.05) is 10.9 Å². The fraction of sp³-hybridized carbons (Fsp3) is 0.143. The first-order valence-corrected chi connectivity index (χ1v) is 6.21. The average molecular weight is 293 g/mol. The van der Waals surface area contributed by atoms with Gasteiger partial charge in [-0.2, -0.15) is 0 Å². The fourth-order valence-electron chi connectivity index (χ4n) is 1.55. The summed E-state index contributed by atoms with van der Waals surface area (Å²) in [5, 5.41) is 9.53. The minimum Gasteiger partial charge on any atom is -0.504 e. The number of hydrogen-bond acceptors (Lipinski definition) is 2. The Morgan fingerprint density at radius 1 is 1.00 bits per heavy atom. The van der Waals surface area contributed by atoms with Gasteiger partial charge in [0.05, 0.1) is 6.61 Å². The van der Waals surface area contributed by atoms with Crippen molar-refractivity contribution >= 4 is 15.9 Å². The zero-order valence-corrected chi connectivity index (χ0v) is 10.9. The average Bonchev–Trinajstić information content (AvgIpc) is 2.34. The van der Waals surface area contributed by atoms with Gasteiger partial charge in [0.2, 0.25) is 0 Å². The molecule has 0 heterocycles. The number of ether oxygens (including phenoxy) is 1. The second-order valence-corrected chi connectivity index (χ2v) is 4.51. The molecule has 3 heteroatoms. The zero-order valence-electron chi connectivity index (χ0n) is 9.27. The van der Waals surface area contributed by atoms with Crippen LogP contribution in [0.3, 0.4) is 0 Å². The van der Waals surface area contributed by atoms with Crippen LogP contribution in [0.15, 0.2) is 53.0 Å². The van der Waals surface area contributed by atoms with Crippen molar-refractivity contribution in [3.63, 3.8) is 0 Å². The van der Waals surface area contributed by atoms with E-state index in [9.17, 15) is 5.11 Å². The maximum absolute atomic E-state index is 9.53. The van der Waals surface area contributed by atoms with E-state index in [1.54, 1.807) is 18.2 Å². The summed E-state index contributed by atoms with van der Waals surface area (Å²) in [7, 11) is 0. The molecule has 1 N–H and O–H groups in total. The van der Waals surface area contributed by atoms with Gasteiger partial charge in [-0.3, -0.25) is 0 Å². The number of aromatic hydroxyl groups is 1. The Morgan fingerprint density at radius 3 is 2.47 bits per heavy atom. The Hall–Kier alpha value is -1.48. The number of para-hydroxylation sites is 2. The van der Waals surface area contributed by atoms with E-state index in [2.05, 4.69) is 22.0 Å². The molecule has 0 amide bonds. The monoisotopic (exact) mass is 292 g/mol. The molecule has 2 aromatic carbocycles. The Labute approximate surface area is 109 Å². The number of halogens is 1. The zero-order chi connectivity index (χ0) is 12.1. The van der Waals surface area contributed by atoms with Crippen LogP contribution in [0, 0.1) is 0 Å². The van der Waals surface area contributed by atoms with Crippen molar-refractivity contribution in [1.82, 2.24) is 0 Å². The lowest BCUT2D eigenvalue weighted by atomic mass is 10.2. The molecule has 0 bridgehead atoms. The van der Waals surface area contributed by atoms with E-state index in [0.717, 1.165) is 10.9 Å². The molecule has 0 aliphatic carbocycles. The Kier molecular flexibility index (Phi) is 4.04. The number of phenols is 1. The number of rotatable bonds is 4. The van der Waals surface area contributed by atoms with Crippen LogP contribution in [0.4, 0.5) is 0 Å². The summed E-state index contributed by atoms with van der Waals surface area (Å²) in [6.07, 6.45) is 0.801. The molecule has 2 nitrogen and oxygen atoms in total. The maximum atomic E-state index is 9.53. The second-order valence-electron chi connectivity index (χ2n) is 3.66. The molecule has 0 aromatic heterocycles. The van der Waals surface area contributed by atoms with Gasteiger partial charge in [0.25, 0.3) is 0 Å². The first-order chi connectivity index (χ1) is 8.27. The number of phenolic OH excluding ortho intramolecular Hbond substituents is 1. The maximum Gasteiger partial charge on any atom is 0.160 e. The van der Waals surface area contributed by atoms with Crippen LogP contribution in [0.1, 0.15) is 5.56 Å². The van der Waals surface area contributed by atoms with E-state index < -0.39 is 0 Å². The van der Waals surface area contributed by atoms with E-state index in [1.165, 1.54) is 5.56 Å². The highest BCUT2D eigenvalue weighted by atomic mass is 79.9. The third kappa shape index (κ3) is 3.24. The quantitative estimate of drug-likeness (QED) is 0.929. The second kappa shape index (κ2) is 5.73. The van der Waals surface area contributed by atoms with Crippen LogP contribution in [0.5, 0.6) is 11.5 Å². The van der Waals surface area contributed by atoms with Crippen LogP contribution in [0.25, 0.3) is 0 Å². The lowest BCUT2D eigenvalue weighted by molar-refractivity contribution is 0.303. The highest BCUT2D eigenvalue weighted by molar-refractivity contribution is 9.10. The molecule has 2 aromatic rings. The van der Waals surface area contributed by atoms with Crippen molar-refractivity contribution in [3.8, 4) is 11.5 Å². The summed E-state index contributed by atoms with van der Waals surface area (Å²) in [6.45, 7) is 0.542. The molecule has 2 rings (SSSR count). The van der Waals surface area contributed by atoms with Crippen LogP contribution in [0.2, 0.25) is 0 Å². The summed E-state index contributed by atoms with van der Waals surface area (Å²) in [5.74, 6) is 0.708. The minimum absolute atomic E-state index is 0.180. The molecule has 0 radical (unpaired) electrons. The minimum atomic E-state index is 0.180. The standard InChI is InChI=1S/C14H13BrO2/c15-12-6-2-1-5-11(12)9-10-17-14-8-4-3-7-13(14)16/h1-8,16H,9-10H2. The van der Waals surface area contributed by atoms with Gasteiger partial charge in [0.15, 0.2) is 11.5 Å². The van der Waals surface area contributed by atoms with E-state index in [-0.39, 0.29) is 5.75 Å². The van der Waals surface area contributed by atoms with Crippen molar-refractivity contribution in [2.75, 3.05) is 6.61 Å². The van der Waals surface area contributed by atoms with Crippen molar-refractivity contribution in [1.29, 1.82) is 0 Å². The summed E-state index contributed by atoms with van der Waals surface area (Å²) in [4.78, 5) is 0. The van der Waals surface area contributed by atoms with Crippen molar-refractivity contribution in [2.45, 2.75) is 6.42 Å². The topological polar surface area (TPSA) is 29.5 Å². The van der Waals surface area contributed by atoms with Gasteiger partial charge < -0.3 is 9.84 Å². The lowest BCUT2D eigenvalue weighted by Crippen LogP contribution is -2.01. The molecule has 0 atom stereocenters. The highest BCUT2D eigenvalue weighted by Gasteiger charge is 2.02. The van der Waals surface area contributed by atoms with Crippen LogP contribution >= 0.6 is 15.9 Å². The molecule has 88 valence electrons. The normalized spacial score (nSPS) is 10.2. The molecule has 17 heavy (non-hydrogen) atoms. The third-order valence-corrected chi connectivity index (χ3v) is 3.23. The molecule has 0 aliphatic rings. The van der Waals surface area contributed by atoms with E-state index in [4.69, 9.17) is 4.74 Å². The summed E-state index contributed by atoms with van der Waals surface area (Å²) in [5.41, 5.74) is 1.20. The summed E-state index contributed by atoms with van der Waals surface area (Å²) >= 11 is 3.49. The van der Waals surface area contributed by atoms with Gasteiger partial charge in [-0.1, -0.05) is 46.3 Å². The van der Waals surface area contributed by atoms with Crippen molar-refractivity contribution in [3.05, 3.63) is 58.6 Å². The van der Waals surface area contributed by atoms with Crippen LogP contribution in [-0.2, 0) is 6.42 Å². The molecule has 0 aliphatic heterocycles. The molecular formula is C14H13BrO2. The van der Waals surface area contributed by atoms with Gasteiger partial charge in [-0.15, -0.1) is 0 Å². The van der Waals surface area contributed by atoms with E-state index in [1.807, 2.05) is 24.3 Å². The molecule has 0 unspecified atom stereocenters. The summed E-state index contributed by atoms with van der Waals surface area (Å²) in [6, 6.07) is 15.0. The first-order valence-electron chi connectivity index (χ1n) is 5.41. The highest BCUT2D eigenvalue weighted by Crippen LogP contribution is 2.24. The fourth-order valence-corrected chi connectivity index (χ4v) is 2.03. The van der Waals surface area contributed by atoms with Gasteiger partial charge in [-0.05, 0) is 23.8 Å². The molecular weight excluding hydrogens is 280 g/mol. The van der Waals surface area contributed by atoms with Gasteiger partial charge >= 0.3 is 0 Å². The summed E-state index contributed by atoms with van der Waals surface area (Å²) < 4.78 is 6.61. The van der Waals surface area contributed by atoms with Crippen LogP contribution in [-0.4, -0.2) is 11.7 Å². The molecule has 0 saturated heterocycles. The Balaban J connectivity index is 1.93. The number of hydrogen-bond donors (Lipinski definition) is 1. The van der Waals surface area contributed by atoms with Crippen molar-refractivity contribution in [2.24, 2.45) is 0 Å². The van der Waals surface area contributed by atoms with E-state index in [0.29, 0.717) is 12.4 Å². The van der Waals surface area contributed by atoms with Crippen LogP contribution < -0.4 is 4.74 Å². The van der Waals surface area contributed by atoms with Gasteiger partial charge in [0.1, 0.15) is 0 Å². The Morgan fingerprint density at radius 2 is 1.71 bits per heavy atom. The number of benzene rings is 2. The smallest absolute Gasteiger partial charge is 0.160 e. The largest absolute Gasteiger partial charge is 0.504 e. The van der Waals surface area contributed by atoms with Crippen molar-refractivity contribution < 1.29 is 9.84 Å².